The number of rotatable bonds is 4. The molecule has 0 saturated carbocycles. The van der Waals surface area contributed by atoms with E-state index in [-0.39, 0.29) is 17.2 Å². The van der Waals surface area contributed by atoms with Crippen LogP contribution in [0.4, 0.5) is 14.5 Å². The van der Waals surface area contributed by atoms with Gasteiger partial charge in [0.2, 0.25) is 0 Å². The van der Waals surface area contributed by atoms with Crippen LogP contribution >= 0.6 is 11.8 Å². The summed E-state index contributed by atoms with van der Waals surface area (Å²) in [4.78, 5) is 12.0. The highest BCUT2D eigenvalue weighted by Crippen LogP contribution is 2.28. The van der Waals surface area contributed by atoms with Gasteiger partial charge in [-0.2, -0.15) is 13.9 Å². The molecule has 1 aromatic carbocycles. The van der Waals surface area contributed by atoms with Crippen molar-refractivity contribution >= 4 is 23.2 Å². The van der Waals surface area contributed by atoms with Crippen molar-refractivity contribution < 1.29 is 18.7 Å². The lowest BCUT2D eigenvalue weighted by molar-refractivity contribution is -0.116. The van der Waals surface area contributed by atoms with E-state index in [0.717, 1.165) is 0 Å². The smallest absolute Gasteiger partial charge is 0.288 e. The quantitative estimate of drug-likeness (QED) is 0.652. The number of aliphatic hydroxyl groups is 1. The summed E-state index contributed by atoms with van der Waals surface area (Å²) >= 11 is 0.445. The van der Waals surface area contributed by atoms with Crippen molar-refractivity contribution in [1.82, 2.24) is 0 Å². The van der Waals surface area contributed by atoms with Gasteiger partial charge in [-0.15, -0.1) is 5.11 Å². The molecule has 106 valence electrons. The number of carbonyl (C=O) groups is 1. The first-order valence-corrected chi connectivity index (χ1v) is 6.86. The fraction of sp³-hybridized carbons (Fsp3) is 0.308. The molecule has 1 aliphatic carbocycles. The van der Waals surface area contributed by atoms with Crippen LogP contribution in [0.15, 0.2) is 50.8 Å². The second kappa shape index (κ2) is 6.60. The van der Waals surface area contributed by atoms with Gasteiger partial charge in [0.05, 0.1) is 5.69 Å². The fourth-order valence-electron chi connectivity index (χ4n) is 1.73. The van der Waals surface area contributed by atoms with E-state index in [0.29, 0.717) is 41.6 Å². The average molecular weight is 298 g/mol. The van der Waals surface area contributed by atoms with Crippen molar-refractivity contribution in [2.75, 3.05) is 0 Å². The van der Waals surface area contributed by atoms with Crippen molar-refractivity contribution in [3.63, 3.8) is 0 Å². The summed E-state index contributed by atoms with van der Waals surface area (Å²) < 4.78 is 24.3. The number of aliphatic hydroxyl groups excluding tert-OH is 1. The number of nitrogens with zero attached hydrogens (tertiary/aromatic N) is 2. The van der Waals surface area contributed by atoms with Crippen molar-refractivity contribution in [3.8, 4) is 0 Å². The van der Waals surface area contributed by atoms with E-state index in [1.54, 1.807) is 0 Å². The molecule has 0 fully saturated rings. The summed E-state index contributed by atoms with van der Waals surface area (Å²) in [6.07, 6.45) is 1.38. The highest BCUT2D eigenvalue weighted by molar-refractivity contribution is 7.99. The molecule has 0 aromatic heterocycles. The van der Waals surface area contributed by atoms with Crippen LogP contribution in [0.2, 0.25) is 0 Å². The predicted molar refractivity (Wildman–Crippen MR) is 71.3 cm³/mol. The summed E-state index contributed by atoms with van der Waals surface area (Å²) in [5.41, 5.74) is 0.421. The first kappa shape index (κ1) is 14.6. The maximum absolute atomic E-state index is 12.1. The van der Waals surface area contributed by atoms with Crippen molar-refractivity contribution in [2.45, 2.75) is 29.9 Å². The number of hydrogen-bond acceptors (Lipinski definition) is 5. The maximum Gasteiger partial charge on any atom is 0.288 e. The minimum atomic E-state index is -2.47. The summed E-state index contributed by atoms with van der Waals surface area (Å²) in [5.74, 6) is -2.75. The Kier molecular flexibility index (Phi) is 4.84. The van der Waals surface area contributed by atoms with Crippen LogP contribution in [-0.2, 0) is 4.79 Å². The summed E-state index contributed by atoms with van der Waals surface area (Å²) in [6.45, 7) is 0. The van der Waals surface area contributed by atoms with Gasteiger partial charge in [-0.3, -0.25) is 4.79 Å². The molecule has 0 heterocycles. The maximum atomic E-state index is 12.1. The van der Waals surface area contributed by atoms with E-state index in [9.17, 15) is 18.7 Å². The largest absolute Gasteiger partial charge is 0.510 e. The number of halogens is 2. The highest BCUT2D eigenvalue weighted by Gasteiger charge is 2.20. The topological polar surface area (TPSA) is 62.0 Å². The van der Waals surface area contributed by atoms with Gasteiger partial charge < -0.3 is 5.11 Å². The van der Waals surface area contributed by atoms with Crippen LogP contribution in [0, 0.1) is 0 Å². The zero-order valence-corrected chi connectivity index (χ0v) is 11.2. The third kappa shape index (κ3) is 3.86. The Morgan fingerprint density at radius 1 is 1.15 bits per heavy atom. The number of alkyl halides is 2. The van der Waals surface area contributed by atoms with Crippen LogP contribution in [0.25, 0.3) is 0 Å². The van der Waals surface area contributed by atoms with Gasteiger partial charge in [-0.1, -0.05) is 11.8 Å². The Hall–Kier alpha value is -1.76. The molecule has 2 rings (SSSR count). The summed E-state index contributed by atoms with van der Waals surface area (Å²) in [6, 6.07) is 6.06. The van der Waals surface area contributed by atoms with Crippen molar-refractivity contribution in [1.29, 1.82) is 0 Å². The number of benzene rings is 1. The molecule has 0 bridgehead atoms. The number of hydrogen-bond donors (Lipinski definition) is 1. The Bertz CT molecular complexity index is 556. The number of ketones is 1. The average Bonchev–Trinajstić information content (AvgIpc) is 2.39. The Morgan fingerprint density at radius 2 is 1.85 bits per heavy atom. The van der Waals surface area contributed by atoms with Gasteiger partial charge >= 0.3 is 0 Å². The monoisotopic (exact) mass is 298 g/mol. The Balaban J connectivity index is 2.09. The molecule has 7 heteroatoms. The molecule has 0 radical (unpaired) electrons. The van der Waals surface area contributed by atoms with Gasteiger partial charge in [-0.25, -0.2) is 0 Å². The zero-order chi connectivity index (χ0) is 14.5. The van der Waals surface area contributed by atoms with Gasteiger partial charge in [0.25, 0.3) is 5.76 Å². The van der Waals surface area contributed by atoms with E-state index >= 15 is 0 Å². The SMILES string of the molecule is O=C1CCCC(O)=C1N=Nc1ccc(SC(F)F)cc1. The minimum Gasteiger partial charge on any atom is -0.510 e. The van der Waals surface area contributed by atoms with E-state index in [1.165, 1.54) is 24.3 Å². The lowest BCUT2D eigenvalue weighted by Crippen LogP contribution is -2.09. The lowest BCUT2D eigenvalue weighted by Gasteiger charge is -2.09. The van der Waals surface area contributed by atoms with E-state index in [1.807, 2.05) is 0 Å². The van der Waals surface area contributed by atoms with Gasteiger partial charge in [0, 0.05) is 17.7 Å². The first-order valence-electron chi connectivity index (χ1n) is 5.98. The van der Waals surface area contributed by atoms with Crippen LogP contribution in [0.5, 0.6) is 0 Å². The molecular formula is C13H12F2N2O2S. The van der Waals surface area contributed by atoms with Gasteiger partial charge in [0.1, 0.15) is 5.76 Å². The number of azo groups is 1. The van der Waals surface area contributed by atoms with Gasteiger partial charge in [-0.05, 0) is 30.7 Å². The van der Waals surface area contributed by atoms with Crippen molar-refractivity contribution in [2.24, 2.45) is 10.2 Å². The van der Waals surface area contributed by atoms with Crippen LogP contribution < -0.4 is 0 Å². The fourth-order valence-corrected chi connectivity index (χ4v) is 2.23. The molecule has 0 aliphatic heterocycles. The first-order chi connectivity index (χ1) is 9.56. The molecule has 0 spiro atoms. The van der Waals surface area contributed by atoms with Crippen LogP contribution in [0.1, 0.15) is 19.3 Å². The molecular weight excluding hydrogens is 286 g/mol. The van der Waals surface area contributed by atoms with E-state index in [4.69, 9.17) is 0 Å². The standard InChI is InChI=1S/C13H12F2N2O2S/c14-13(15)20-9-6-4-8(5-7-9)16-17-12-10(18)2-1-3-11(12)19/h4-7,13,18H,1-3H2. The normalized spacial score (nSPS) is 16.4. The number of thioether (sulfide) groups is 1. The summed E-state index contributed by atoms with van der Waals surface area (Å²) in [5, 5.41) is 17.2. The van der Waals surface area contributed by atoms with Crippen LogP contribution in [-0.4, -0.2) is 16.6 Å². The third-order valence-corrected chi connectivity index (χ3v) is 3.40. The Morgan fingerprint density at radius 3 is 2.45 bits per heavy atom. The predicted octanol–water partition coefficient (Wildman–Crippen LogP) is 4.61. The number of carbonyl (C=O) groups excluding carboxylic acids is 1. The third-order valence-electron chi connectivity index (χ3n) is 2.68. The molecule has 1 aromatic rings. The minimum absolute atomic E-state index is 0.0118. The van der Waals surface area contributed by atoms with Gasteiger partial charge in [0.15, 0.2) is 11.5 Å². The molecule has 0 atom stereocenters. The molecule has 0 amide bonds. The molecule has 0 unspecified atom stereocenters. The highest BCUT2D eigenvalue weighted by atomic mass is 32.2. The number of Topliss-reactive ketones (excluding diaryl/α,β-unsaturated/α-hetero) is 1. The van der Waals surface area contributed by atoms with E-state index in [2.05, 4.69) is 10.2 Å². The molecule has 4 nitrogen and oxygen atoms in total. The second-order valence-corrected chi connectivity index (χ2v) is 5.21. The molecule has 1 aliphatic rings. The van der Waals surface area contributed by atoms with E-state index < -0.39 is 5.76 Å². The Labute approximate surface area is 118 Å². The van der Waals surface area contributed by atoms with Crippen molar-refractivity contribution in [3.05, 3.63) is 35.7 Å². The molecule has 1 N–H and O–H groups in total. The summed E-state index contributed by atoms with van der Waals surface area (Å²) in [7, 11) is 0. The lowest BCUT2D eigenvalue weighted by atomic mass is 10.0. The number of allylic oxidation sites excluding steroid dienone is 2. The second-order valence-electron chi connectivity index (χ2n) is 4.14. The van der Waals surface area contributed by atoms with Crippen LogP contribution in [0.3, 0.4) is 0 Å². The zero-order valence-electron chi connectivity index (χ0n) is 10.4. The molecule has 20 heavy (non-hydrogen) atoms. The molecule has 0 saturated heterocycles.